The van der Waals surface area contributed by atoms with Gasteiger partial charge in [-0.2, -0.15) is 0 Å². The fourth-order valence-electron chi connectivity index (χ4n) is 0.887. The number of nitrogens with one attached hydrogen (secondary N) is 1. The maximum Gasteiger partial charge on any atom is -0.00116 e. The van der Waals surface area contributed by atoms with E-state index in [0.29, 0.717) is 5.92 Å². The largest absolute Gasteiger partial charge is 0.330 e. The van der Waals surface area contributed by atoms with Crippen molar-refractivity contribution in [1.29, 1.82) is 0 Å². The summed E-state index contributed by atoms with van der Waals surface area (Å²) in [6.45, 7) is 11.0. The lowest BCUT2D eigenvalue weighted by atomic mass is 10.1. The predicted octanol–water partition coefficient (Wildman–Crippen LogP) is 1.96. The molecule has 0 amide bonds. The van der Waals surface area contributed by atoms with Crippen molar-refractivity contribution < 1.29 is 0 Å². The fraction of sp³-hybridized carbons (Fsp3) is 1.00. The highest BCUT2D eigenvalue weighted by Gasteiger charge is 1.98. The van der Waals surface area contributed by atoms with Crippen LogP contribution >= 0.6 is 0 Å². The third-order valence-electron chi connectivity index (χ3n) is 1.96. The van der Waals surface area contributed by atoms with E-state index in [4.69, 9.17) is 11.5 Å². The van der Waals surface area contributed by atoms with Gasteiger partial charge in [0.1, 0.15) is 0 Å². The molecular weight excluding hydrogens is 186 g/mol. The number of rotatable bonds is 6. The molecule has 0 rings (SSSR count). The fourth-order valence-corrected chi connectivity index (χ4v) is 0.887. The molecule has 3 heteroatoms. The van der Waals surface area contributed by atoms with Crippen LogP contribution in [-0.2, 0) is 0 Å². The minimum absolute atomic E-state index is 0.667. The van der Waals surface area contributed by atoms with E-state index in [9.17, 15) is 0 Å². The first-order valence-electron chi connectivity index (χ1n) is 6.31. The molecule has 0 aliphatic rings. The van der Waals surface area contributed by atoms with Crippen LogP contribution in [0.1, 0.15) is 47.0 Å². The maximum atomic E-state index is 5.43. The molecule has 0 radical (unpaired) electrons. The molecular formula is C12H33N3. The summed E-state index contributed by atoms with van der Waals surface area (Å²) in [7, 11) is 1.96. The van der Waals surface area contributed by atoms with Crippen molar-refractivity contribution in [1.82, 2.24) is 5.32 Å². The van der Waals surface area contributed by atoms with Crippen molar-refractivity contribution in [3.8, 4) is 0 Å². The van der Waals surface area contributed by atoms with Gasteiger partial charge < -0.3 is 16.8 Å². The second-order valence-electron chi connectivity index (χ2n) is 3.21. The molecule has 0 aliphatic heterocycles. The highest BCUT2D eigenvalue weighted by Crippen LogP contribution is 1.95. The van der Waals surface area contributed by atoms with Gasteiger partial charge in [-0.05, 0) is 39.0 Å². The monoisotopic (exact) mass is 219 g/mol. The Morgan fingerprint density at radius 1 is 1.13 bits per heavy atom. The van der Waals surface area contributed by atoms with Gasteiger partial charge in [-0.15, -0.1) is 0 Å². The predicted molar refractivity (Wildman–Crippen MR) is 72.1 cm³/mol. The van der Waals surface area contributed by atoms with Crippen LogP contribution in [0.3, 0.4) is 0 Å². The average molecular weight is 219 g/mol. The summed E-state index contributed by atoms with van der Waals surface area (Å²) in [5, 5.41) is 3.09. The first-order chi connectivity index (χ1) is 7.26. The molecule has 96 valence electrons. The summed E-state index contributed by atoms with van der Waals surface area (Å²) in [5.74, 6) is 0.667. The molecule has 0 aromatic heterocycles. The zero-order chi connectivity index (χ0) is 12.5. The van der Waals surface area contributed by atoms with Crippen LogP contribution in [0.2, 0.25) is 0 Å². The van der Waals surface area contributed by atoms with E-state index in [-0.39, 0.29) is 0 Å². The van der Waals surface area contributed by atoms with E-state index in [1.807, 2.05) is 20.9 Å². The molecule has 5 N–H and O–H groups in total. The van der Waals surface area contributed by atoms with Gasteiger partial charge in [0, 0.05) is 0 Å². The van der Waals surface area contributed by atoms with E-state index >= 15 is 0 Å². The summed E-state index contributed by atoms with van der Waals surface area (Å²) in [5.41, 5.74) is 10.6. The van der Waals surface area contributed by atoms with Crippen LogP contribution in [0, 0.1) is 5.92 Å². The van der Waals surface area contributed by atoms with Crippen molar-refractivity contribution in [3.05, 3.63) is 0 Å². The van der Waals surface area contributed by atoms with E-state index in [0.717, 1.165) is 19.6 Å². The van der Waals surface area contributed by atoms with Gasteiger partial charge in [0.2, 0.25) is 0 Å². The first-order valence-corrected chi connectivity index (χ1v) is 6.31. The van der Waals surface area contributed by atoms with Crippen LogP contribution in [0.4, 0.5) is 0 Å². The van der Waals surface area contributed by atoms with Crippen LogP contribution in [0.25, 0.3) is 0 Å². The Morgan fingerprint density at radius 2 is 1.67 bits per heavy atom. The highest BCUT2D eigenvalue weighted by molar-refractivity contribution is 4.57. The Balaban J connectivity index is -0.000000177. The first kappa shape index (κ1) is 20.3. The van der Waals surface area contributed by atoms with Crippen molar-refractivity contribution in [3.63, 3.8) is 0 Å². The van der Waals surface area contributed by atoms with E-state index in [1.54, 1.807) is 0 Å². The van der Waals surface area contributed by atoms with Crippen LogP contribution in [-0.4, -0.2) is 26.7 Å². The third kappa shape index (κ3) is 24.8. The Morgan fingerprint density at radius 3 is 1.73 bits per heavy atom. The zero-order valence-corrected chi connectivity index (χ0v) is 11.5. The summed E-state index contributed by atoms with van der Waals surface area (Å²) < 4.78 is 0. The molecule has 0 aromatic carbocycles. The van der Waals surface area contributed by atoms with Gasteiger partial charge in [-0.25, -0.2) is 0 Å². The molecule has 0 saturated carbocycles. The minimum Gasteiger partial charge on any atom is -0.330 e. The molecule has 1 atom stereocenters. The quantitative estimate of drug-likeness (QED) is 0.640. The number of hydrogen-bond donors (Lipinski definition) is 3. The number of hydrogen-bond acceptors (Lipinski definition) is 3. The highest BCUT2D eigenvalue weighted by atomic mass is 14.8. The summed E-state index contributed by atoms with van der Waals surface area (Å²) in [4.78, 5) is 0. The van der Waals surface area contributed by atoms with Crippen molar-refractivity contribution >= 4 is 0 Å². The lowest BCUT2D eigenvalue weighted by molar-refractivity contribution is 0.494. The second kappa shape index (κ2) is 23.6. The van der Waals surface area contributed by atoms with Gasteiger partial charge in [0.15, 0.2) is 0 Å². The van der Waals surface area contributed by atoms with Gasteiger partial charge in [-0.1, -0.05) is 40.5 Å². The second-order valence-corrected chi connectivity index (χ2v) is 3.21. The molecule has 0 saturated heterocycles. The molecule has 0 fully saturated rings. The van der Waals surface area contributed by atoms with Gasteiger partial charge in [0.25, 0.3) is 0 Å². The van der Waals surface area contributed by atoms with Gasteiger partial charge in [0.05, 0.1) is 0 Å². The van der Waals surface area contributed by atoms with Crippen LogP contribution in [0.5, 0.6) is 0 Å². The number of nitrogens with two attached hydrogens (primary N) is 2. The van der Waals surface area contributed by atoms with Crippen LogP contribution < -0.4 is 16.8 Å². The lowest BCUT2D eigenvalue weighted by Crippen LogP contribution is -2.24. The van der Waals surface area contributed by atoms with Crippen molar-refractivity contribution in [2.24, 2.45) is 17.4 Å². The Hall–Kier alpha value is -0.120. The van der Waals surface area contributed by atoms with E-state index < -0.39 is 0 Å². The molecule has 0 aromatic rings. The topological polar surface area (TPSA) is 64.1 Å². The summed E-state index contributed by atoms with van der Waals surface area (Å²) >= 11 is 0. The molecule has 0 aliphatic carbocycles. The summed E-state index contributed by atoms with van der Waals surface area (Å²) in [6.07, 6.45) is 3.56. The lowest BCUT2D eigenvalue weighted by Gasteiger charge is -2.09. The van der Waals surface area contributed by atoms with Crippen molar-refractivity contribution in [2.75, 3.05) is 26.7 Å². The molecule has 1 unspecified atom stereocenters. The normalized spacial score (nSPS) is 10.6. The Kier molecular flexibility index (Phi) is 31.9. The molecule has 0 spiro atoms. The molecule has 3 nitrogen and oxygen atoms in total. The maximum absolute atomic E-state index is 5.43. The molecule has 0 bridgehead atoms. The molecule has 15 heavy (non-hydrogen) atoms. The standard InChI is InChI=1S/C6H16N2.C4H11N.C2H6/c1-3-6(4-7)5-8-2;1-2-3-4-5;1-2/h6,8H,3-5,7H2,1-2H3;2-5H2,1H3;1-2H3. The molecule has 0 heterocycles. The smallest absolute Gasteiger partial charge is 0.00116 e. The Bertz CT molecular complexity index is 71.3. The van der Waals surface area contributed by atoms with E-state index in [2.05, 4.69) is 19.2 Å². The summed E-state index contributed by atoms with van der Waals surface area (Å²) in [6, 6.07) is 0. The van der Waals surface area contributed by atoms with E-state index in [1.165, 1.54) is 19.3 Å². The van der Waals surface area contributed by atoms with Gasteiger partial charge >= 0.3 is 0 Å². The average Bonchev–Trinajstić information content (AvgIpc) is 2.30. The minimum atomic E-state index is 0.667. The van der Waals surface area contributed by atoms with Crippen molar-refractivity contribution in [2.45, 2.75) is 47.0 Å². The van der Waals surface area contributed by atoms with Crippen LogP contribution in [0.15, 0.2) is 0 Å². The number of unbranched alkanes of at least 4 members (excludes halogenated alkanes) is 1. The van der Waals surface area contributed by atoms with Gasteiger partial charge in [-0.3, -0.25) is 0 Å². The Labute approximate surface area is 97.0 Å². The SMILES string of the molecule is CC.CCC(CN)CNC.CCCCN. The zero-order valence-electron chi connectivity index (χ0n) is 11.5. The third-order valence-corrected chi connectivity index (χ3v) is 1.96.